The molecule has 0 spiro atoms. The molecule has 0 aromatic heterocycles. The second-order valence-electron chi connectivity index (χ2n) is 6.21. The summed E-state index contributed by atoms with van der Waals surface area (Å²) < 4.78 is 5.74. The number of amides is 1. The largest absolute Gasteiger partial charge is 0.493 e. The predicted molar refractivity (Wildman–Crippen MR) is 97.5 cm³/mol. The topological polar surface area (TPSA) is 108 Å². The fraction of sp³-hybridized carbons (Fsp3) is 0.211. The fourth-order valence-corrected chi connectivity index (χ4v) is 2.99. The molecule has 0 fully saturated rings. The minimum atomic E-state index is -0.421. The number of hydrazine groups is 1. The molecule has 130 valence electrons. The van der Waals surface area contributed by atoms with Gasteiger partial charge in [-0.25, -0.2) is 5.84 Å². The van der Waals surface area contributed by atoms with Gasteiger partial charge < -0.3 is 21.2 Å². The summed E-state index contributed by atoms with van der Waals surface area (Å²) in [7, 11) is 1.72. The van der Waals surface area contributed by atoms with Crippen molar-refractivity contribution < 1.29 is 9.53 Å². The molecular weight excluding hydrogens is 316 g/mol. The minimum absolute atomic E-state index is 0.421. The van der Waals surface area contributed by atoms with Crippen molar-refractivity contribution in [1.82, 2.24) is 5.01 Å². The highest BCUT2D eigenvalue weighted by atomic mass is 16.5. The van der Waals surface area contributed by atoms with E-state index in [2.05, 4.69) is 0 Å². The van der Waals surface area contributed by atoms with Gasteiger partial charge in [-0.2, -0.15) is 0 Å². The van der Waals surface area contributed by atoms with E-state index in [-0.39, 0.29) is 0 Å². The van der Waals surface area contributed by atoms with Gasteiger partial charge in [0, 0.05) is 31.7 Å². The smallest absolute Gasteiger partial charge is 0.248 e. The van der Waals surface area contributed by atoms with E-state index in [1.165, 1.54) is 5.01 Å². The summed E-state index contributed by atoms with van der Waals surface area (Å²) in [5.41, 5.74) is 16.6. The van der Waals surface area contributed by atoms with Gasteiger partial charge in [0.15, 0.2) is 0 Å². The Kier molecular flexibility index (Phi) is 4.63. The van der Waals surface area contributed by atoms with Crippen molar-refractivity contribution in [3.8, 4) is 5.75 Å². The van der Waals surface area contributed by atoms with Crippen LogP contribution in [0.5, 0.6) is 5.75 Å². The van der Waals surface area contributed by atoms with Crippen LogP contribution in [0.4, 0.5) is 0 Å². The zero-order valence-corrected chi connectivity index (χ0v) is 14.2. The Morgan fingerprint density at radius 2 is 1.92 bits per heavy atom. The van der Waals surface area contributed by atoms with Gasteiger partial charge in [0.25, 0.3) is 0 Å². The standard InChI is InChI=1S/C19H22N4O2/c1-23(22)11-17(20)13-4-2-12(3-5-13)8-15-10-16(19(21)24)9-14-6-7-25-18(14)15/h2-5,9-11H,6-8,20,22H2,1H3,(H2,21,24)/b17-11-. The fourth-order valence-electron chi connectivity index (χ4n) is 2.99. The highest BCUT2D eigenvalue weighted by Gasteiger charge is 2.19. The van der Waals surface area contributed by atoms with Crippen LogP contribution in [-0.4, -0.2) is 24.6 Å². The van der Waals surface area contributed by atoms with Crippen molar-refractivity contribution in [3.05, 3.63) is 70.4 Å². The second kappa shape index (κ2) is 6.86. The number of nitrogens with two attached hydrogens (primary N) is 3. The number of hydrogen-bond acceptors (Lipinski definition) is 5. The van der Waals surface area contributed by atoms with Crippen molar-refractivity contribution >= 4 is 11.6 Å². The van der Waals surface area contributed by atoms with Gasteiger partial charge in [0.05, 0.1) is 12.3 Å². The Hall–Kier alpha value is -2.99. The van der Waals surface area contributed by atoms with Crippen LogP contribution in [0.15, 0.2) is 42.6 Å². The second-order valence-corrected chi connectivity index (χ2v) is 6.21. The van der Waals surface area contributed by atoms with Crippen LogP contribution < -0.4 is 22.0 Å². The number of fused-ring (bicyclic) bond motifs is 1. The number of hydrogen-bond donors (Lipinski definition) is 3. The van der Waals surface area contributed by atoms with Crippen molar-refractivity contribution in [3.63, 3.8) is 0 Å². The molecule has 0 atom stereocenters. The van der Waals surface area contributed by atoms with E-state index in [0.29, 0.717) is 24.3 Å². The van der Waals surface area contributed by atoms with Crippen LogP contribution in [0.25, 0.3) is 5.70 Å². The first kappa shape index (κ1) is 16.9. The predicted octanol–water partition coefficient (Wildman–Crippen LogP) is 1.37. The lowest BCUT2D eigenvalue weighted by atomic mass is 9.97. The molecule has 0 aliphatic carbocycles. The van der Waals surface area contributed by atoms with Gasteiger partial charge >= 0.3 is 0 Å². The van der Waals surface area contributed by atoms with E-state index in [9.17, 15) is 4.79 Å². The third kappa shape index (κ3) is 3.75. The van der Waals surface area contributed by atoms with Gasteiger partial charge in [-0.05, 0) is 34.4 Å². The first-order valence-electron chi connectivity index (χ1n) is 8.06. The summed E-state index contributed by atoms with van der Waals surface area (Å²) >= 11 is 0. The van der Waals surface area contributed by atoms with Gasteiger partial charge in [0.2, 0.25) is 5.91 Å². The van der Waals surface area contributed by atoms with Gasteiger partial charge in [0.1, 0.15) is 5.75 Å². The summed E-state index contributed by atoms with van der Waals surface area (Å²) in [6.07, 6.45) is 3.12. The molecule has 1 aliphatic heterocycles. The van der Waals surface area contributed by atoms with E-state index < -0.39 is 5.91 Å². The van der Waals surface area contributed by atoms with Crippen LogP contribution in [0, 0.1) is 0 Å². The van der Waals surface area contributed by atoms with Gasteiger partial charge in [-0.1, -0.05) is 24.3 Å². The molecule has 0 radical (unpaired) electrons. The maximum atomic E-state index is 11.6. The lowest BCUT2D eigenvalue weighted by Gasteiger charge is -2.11. The van der Waals surface area contributed by atoms with Crippen LogP contribution in [0.1, 0.15) is 32.6 Å². The van der Waals surface area contributed by atoms with Gasteiger partial charge in [-0.3, -0.25) is 4.79 Å². The van der Waals surface area contributed by atoms with Crippen LogP contribution in [-0.2, 0) is 12.8 Å². The van der Waals surface area contributed by atoms with Crippen molar-refractivity contribution in [1.29, 1.82) is 0 Å². The number of carbonyl (C=O) groups is 1. The Balaban J connectivity index is 1.87. The number of carbonyl (C=O) groups excluding carboxylic acids is 1. The Labute approximate surface area is 146 Å². The maximum Gasteiger partial charge on any atom is 0.248 e. The average Bonchev–Trinajstić information content (AvgIpc) is 3.03. The van der Waals surface area contributed by atoms with Crippen LogP contribution in [0.2, 0.25) is 0 Å². The van der Waals surface area contributed by atoms with E-state index in [1.807, 2.05) is 36.4 Å². The average molecular weight is 338 g/mol. The lowest BCUT2D eigenvalue weighted by Crippen LogP contribution is -2.20. The number of nitrogens with zero attached hydrogens (tertiary/aromatic N) is 1. The molecule has 3 rings (SSSR count). The normalized spacial score (nSPS) is 13.3. The SMILES string of the molecule is CN(N)/C=C(\N)c1ccc(Cc2cc(C(N)=O)cc3c2OCC3)cc1. The molecule has 0 bridgehead atoms. The van der Waals surface area contributed by atoms with Crippen molar-refractivity contribution in [2.24, 2.45) is 17.3 Å². The van der Waals surface area contributed by atoms with E-state index in [0.717, 1.165) is 34.4 Å². The molecule has 6 heteroatoms. The zero-order chi connectivity index (χ0) is 18.0. The molecule has 25 heavy (non-hydrogen) atoms. The summed E-state index contributed by atoms with van der Waals surface area (Å²) in [6.45, 7) is 0.636. The molecule has 0 unspecified atom stereocenters. The van der Waals surface area contributed by atoms with E-state index >= 15 is 0 Å². The molecule has 6 nitrogen and oxygen atoms in total. The Morgan fingerprint density at radius 1 is 1.20 bits per heavy atom. The quantitative estimate of drug-likeness (QED) is 0.564. The van der Waals surface area contributed by atoms with Crippen LogP contribution >= 0.6 is 0 Å². The molecule has 1 amide bonds. The molecular formula is C19H22N4O2. The summed E-state index contributed by atoms with van der Waals surface area (Å²) in [5.74, 6) is 6.03. The number of ether oxygens (including phenoxy) is 1. The Morgan fingerprint density at radius 3 is 2.56 bits per heavy atom. The van der Waals surface area contributed by atoms with Crippen molar-refractivity contribution in [2.45, 2.75) is 12.8 Å². The third-order valence-corrected chi connectivity index (χ3v) is 4.17. The monoisotopic (exact) mass is 338 g/mol. The summed E-state index contributed by atoms with van der Waals surface area (Å²) in [4.78, 5) is 11.6. The van der Waals surface area contributed by atoms with Crippen LogP contribution in [0.3, 0.4) is 0 Å². The molecule has 1 heterocycles. The lowest BCUT2D eigenvalue weighted by molar-refractivity contribution is 0.1000. The van der Waals surface area contributed by atoms with Crippen molar-refractivity contribution in [2.75, 3.05) is 13.7 Å². The zero-order valence-electron chi connectivity index (χ0n) is 14.2. The van der Waals surface area contributed by atoms with Gasteiger partial charge in [-0.15, -0.1) is 0 Å². The highest BCUT2D eigenvalue weighted by Crippen LogP contribution is 2.32. The molecule has 2 aromatic rings. The van der Waals surface area contributed by atoms with E-state index in [1.54, 1.807) is 13.2 Å². The number of rotatable bonds is 5. The molecule has 0 saturated heterocycles. The first-order valence-corrected chi connectivity index (χ1v) is 8.06. The highest BCUT2D eigenvalue weighted by molar-refractivity contribution is 5.93. The molecule has 6 N–H and O–H groups in total. The first-order chi connectivity index (χ1) is 11.9. The minimum Gasteiger partial charge on any atom is -0.493 e. The maximum absolute atomic E-state index is 11.6. The summed E-state index contributed by atoms with van der Waals surface area (Å²) in [5, 5.41) is 1.42. The Bertz CT molecular complexity index is 826. The number of benzene rings is 2. The third-order valence-electron chi connectivity index (χ3n) is 4.17. The molecule has 2 aromatic carbocycles. The summed E-state index contributed by atoms with van der Waals surface area (Å²) in [6, 6.07) is 11.5. The molecule has 0 saturated carbocycles. The van der Waals surface area contributed by atoms with E-state index in [4.69, 9.17) is 22.0 Å². The number of primary amides is 1. The molecule has 1 aliphatic rings.